The fraction of sp³-hybridized carbons (Fsp3) is 0.0833. The van der Waals surface area contributed by atoms with Crippen molar-refractivity contribution in [1.82, 2.24) is 9.97 Å². The number of hydrogen-bond acceptors (Lipinski definition) is 4. The van der Waals surface area contributed by atoms with E-state index in [1.165, 1.54) is 12.1 Å². The molecule has 2 aromatic rings. The van der Waals surface area contributed by atoms with Crippen LogP contribution in [0.2, 0.25) is 0 Å². The first kappa shape index (κ1) is 14.0. The van der Waals surface area contributed by atoms with E-state index in [1.54, 1.807) is 12.4 Å². The number of halogens is 2. The van der Waals surface area contributed by atoms with Crippen LogP contribution in [0.5, 0.6) is 0 Å². The van der Waals surface area contributed by atoms with Gasteiger partial charge in [-0.15, -0.1) is 0 Å². The molecule has 0 bridgehead atoms. The normalized spacial score (nSPS) is 10.5. The molecule has 0 spiro atoms. The summed E-state index contributed by atoms with van der Waals surface area (Å²) in [6.45, 7) is 1.85. The largest absolute Gasteiger partial charge is 0.478 e. The summed E-state index contributed by atoms with van der Waals surface area (Å²) in [5.41, 5.74) is 0.791. The van der Waals surface area contributed by atoms with E-state index in [1.807, 2.05) is 6.92 Å². The second-order valence-electron chi connectivity index (χ2n) is 3.69. The monoisotopic (exact) mass is 342 g/mol. The number of aromatic nitrogens is 2. The maximum absolute atomic E-state index is 14.0. The zero-order valence-electron chi connectivity index (χ0n) is 9.72. The van der Waals surface area contributed by atoms with Crippen LogP contribution in [-0.4, -0.2) is 21.0 Å². The molecule has 0 aliphatic rings. The predicted molar refractivity (Wildman–Crippen MR) is 72.0 cm³/mol. The zero-order chi connectivity index (χ0) is 14.0. The average Bonchev–Trinajstić information content (AvgIpc) is 2.37. The Morgan fingerprint density at radius 3 is 2.58 bits per heavy atom. The minimum Gasteiger partial charge on any atom is -0.478 e. The Balaban J connectivity index is 2.34. The lowest BCUT2D eigenvalue weighted by Gasteiger charge is -2.06. The van der Waals surface area contributed by atoms with Crippen LogP contribution < -0.4 is 0 Å². The number of aromatic carboxylic acids is 1. The Kier molecular flexibility index (Phi) is 4.16. The Morgan fingerprint density at radius 1 is 1.37 bits per heavy atom. The Labute approximate surface area is 121 Å². The Bertz CT molecular complexity index is 634. The van der Waals surface area contributed by atoms with Crippen molar-refractivity contribution in [3.8, 4) is 0 Å². The van der Waals surface area contributed by atoms with Crippen LogP contribution in [0.15, 0.2) is 39.1 Å². The quantitative estimate of drug-likeness (QED) is 0.864. The van der Waals surface area contributed by atoms with E-state index in [9.17, 15) is 9.18 Å². The van der Waals surface area contributed by atoms with Crippen molar-refractivity contribution in [2.45, 2.75) is 17.0 Å². The van der Waals surface area contributed by atoms with Crippen LogP contribution in [0, 0.1) is 12.7 Å². The molecule has 0 aliphatic heterocycles. The van der Waals surface area contributed by atoms with Crippen molar-refractivity contribution in [1.29, 1.82) is 0 Å². The average molecular weight is 343 g/mol. The van der Waals surface area contributed by atoms with Gasteiger partial charge in [-0.25, -0.2) is 19.2 Å². The molecule has 98 valence electrons. The summed E-state index contributed by atoms with van der Waals surface area (Å²) in [4.78, 5) is 19.2. The van der Waals surface area contributed by atoms with Gasteiger partial charge in [0.05, 0.1) is 14.9 Å². The van der Waals surface area contributed by atoms with Crippen LogP contribution in [0.4, 0.5) is 4.39 Å². The maximum atomic E-state index is 14.0. The molecule has 7 heteroatoms. The summed E-state index contributed by atoms with van der Waals surface area (Å²) in [5, 5.41) is 9.28. The summed E-state index contributed by atoms with van der Waals surface area (Å²) in [7, 11) is 0. The number of nitrogens with zero attached hydrogens (tertiary/aromatic N) is 2. The Morgan fingerprint density at radius 2 is 2.00 bits per heavy atom. The molecule has 1 N–H and O–H groups in total. The van der Waals surface area contributed by atoms with Gasteiger partial charge in [-0.2, -0.15) is 0 Å². The number of benzene rings is 1. The van der Waals surface area contributed by atoms with Gasteiger partial charge in [-0.05, 0) is 52.3 Å². The third kappa shape index (κ3) is 3.10. The minimum absolute atomic E-state index is 0.0721. The van der Waals surface area contributed by atoms with E-state index in [4.69, 9.17) is 5.11 Å². The van der Waals surface area contributed by atoms with E-state index in [2.05, 4.69) is 25.9 Å². The number of carboxylic acid groups (broad SMARTS) is 1. The number of carbonyl (C=O) groups is 1. The van der Waals surface area contributed by atoms with Crippen LogP contribution in [0.1, 0.15) is 15.9 Å². The second kappa shape index (κ2) is 5.66. The molecule has 0 atom stereocenters. The second-order valence-corrected chi connectivity index (χ2v) is 5.49. The first-order valence-corrected chi connectivity index (χ1v) is 6.78. The van der Waals surface area contributed by atoms with Gasteiger partial charge in [0.1, 0.15) is 0 Å². The van der Waals surface area contributed by atoms with Crippen molar-refractivity contribution >= 4 is 33.7 Å². The van der Waals surface area contributed by atoms with Gasteiger partial charge in [-0.3, -0.25) is 0 Å². The van der Waals surface area contributed by atoms with Crippen molar-refractivity contribution in [3.63, 3.8) is 0 Å². The molecule has 1 aromatic heterocycles. The molecular formula is C12H8BrFN2O2S. The fourth-order valence-electron chi connectivity index (χ4n) is 1.31. The molecule has 0 unspecified atom stereocenters. The van der Waals surface area contributed by atoms with Crippen LogP contribution >= 0.6 is 27.7 Å². The molecule has 2 rings (SSSR count). The summed E-state index contributed by atoms with van der Waals surface area (Å²) in [6.07, 6.45) is 3.27. The number of rotatable bonds is 3. The topological polar surface area (TPSA) is 63.1 Å². The summed E-state index contributed by atoms with van der Waals surface area (Å²) >= 11 is 3.98. The van der Waals surface area contributed by atoms with Crippen LogP contribution in [-0.2, 0) is 0 Å². The molecule has 4 nitrogen and oxygen atoms in total. The molecule has 1 aromatic carbocycles. The number of aryl methyl sites for hydroxylation is 1. The summed E-state index contributed by atoms with van der Waals surface area (Å²) in [5.74, 6) is -1.82. The molecular weight excluding hydrogens is 335 g/mol. The van der Waals surface area contributed by atoms with E-state index >= 15 is 0 Å². The maximum Gasteiger partial charge on any atom is 0.336 e. The fourth-order valence-corrected chi connectivity index (χ4v) is 2.69. The van der Waals surface area contributed by atoms with E-state index < -0.39 is 11.8 Å². The Hall–Kier alpha value is -1.47. The molecule has 0 radical (unpaired) electrons. The van der Waals surface area contributed by atoms with Crippen molar-refractivity contribution in [2.24, 2.45) is 0 Å². The zero-order valence-corrected chi connectivity index (χ0v) is 12.1. The SMILES string of the molecule is Cc1cnc(Sc2ccc(C(=O)O)c(Br)c2F)nc1. The minimum atomic E-state index is -1.19. The number of carboxylic acids is 1. The first-order valence-electron chi connectivity index (χ1n) is 5.17. The van der Waals surface area contributed by atoms with Gasteiger partial charge in [0.15, 0.2) is 11.0 Å². The molecule has 19 heavy (non-hydrogen) atoms. The standard InChI is InChI=1S/C12H8BrFN2O2S/c1-6-4-15-12(16-5-6)19-8-3-2-7(11(17)18)9(13)10(8)14/h2-5H,1H3,(H,17,18). The highest BCUT2D eigenvalue weighted by Crippen LogP contribution is 2.32. The van der Waals surface area contributed by atoms with Gasteiger partial charge in [0, 0.05) is 12.4 Å². The first-order chi connectivity index (χ1) is 8.99. The summed E-state index contributed by atoms with van der Waals surface area (Å²) in [6, 6.07) is 2.74. The van der Waals surface area contributed by atoms with Gasteiger partial charge >= 0.3 is 5.97 Å². The van der Waals surface area contributed by atoms with Crippen molar-refractivity contribution < 1.29 is 14.3 Å². The molecule has 0 saturated heterocycles. The van der Waals surface area contributed by atoms with E-state index in [0.29, 0.717) is 5.16 Å². The highest BCUT2D eigenvalue weighted by molar-refractivity contribution is 9.10. The lowest BCUT2D eigenvalue weighted by atomic mass is 10.2. The molecule has 1 heterocycles. The van der Waals surface area contributed by atoms with Gasteiger partial charge in [-0.1, -0.05) is 0 Å². The predicted octanol–water partition coefficient (Wildman–Crippen LogP) is 3.54. The van der Waals surface area contributed by atoms with E-state index in [-0.39, 0.29) is 14.9 Å². The van der Waals surface area contributed by atoms with Gasteiger partial charge in [0.2, 0.25) is 0 Å². The third-order valence-corrected chi connectivity index (χ3v) is 3.94. The van der Waals surface area contributed by atoms with Crippen LogP contribution in [0.3, 0.4) is 0 Å². The summed E-state index contributed by atoms with van der Waals surface area (Å²) < 4.78 is 13.9. The van der Waals surface area contributed by atoms with Gasteiger partial charge in [0.25, 0.3) is 0 Å². The highest BCUT2D eigenvalue weighted by Gasteiger charge is 2.17. The molecule has 0 amide bonds. The molecule has 0 fully saturated rings. The highest BCUT2D eigenvalue weighted by atomic mass is 79.9. The van der Waals surface area contributed by atoms with Crippen molar-refractivity contribution in [2.75, 3.05) is 0 Å². The lowest BCUT2D eigenvalue weighted by molar-refractivity contribution is 0.0695. The van der Waals surface area contributed by atoms with Crippen molar-refractivity contribution in [3.05, 3.63) is 45.9 Å². The smallest absolute Gasteiger partial charge is 0.336 e. The molecule has 0 aliphatic carbocycles. The number of hydrogen-bond donors (Lipinski definition) is 1. The van der Waals surface area contributed by atoms with Crippen LogP contribution in [0.25, 0.3) is 0 Å². The van der Waals surface area contributed by atoms with E-state index in [0.717, 1.165) is 17.3 Å². The third-order valence-electron chi connectivity index (χ3n) is 2.24. The molecule has 0 saturated carbocycles. The van der Waals surface area contributed by atoms with Gasteiger partial charge < -0.3 is 5.11 Å². The lowest BCUT2D eigenvalue weighted by Crippen LogP contribution is -2.00.